The monoisotopic (exact) mass is 472 g/mol. The van der Waals surface area contributed by atoms with Crippen LogP contribution in [0.15, 0.2) is 72.8 Å². The number of carbonyl (C=O) groups is 1. The van der Waals surface area contributed by atoms with E-state index in [9.17, 15) is 20.1 Å². The number of primary amides is 1. The highest BCUT2D eigenvalue weighted by molar-refractivity contribution is 6.07. The number of nitrogens with two attached hydrogens (primary N) is 1. The van der Waals surface area contributed by atoms with Crippen molar-refractivity contribution in [2.45, 2.75) is 26.4 Å². The zero-order valence-corrected chi connectivity index (χ0v) is 19.5. The fourth-order valence-electron chi connectivity index (χ4n) is 3.50. The molecule has 0 aliphatic carbocycles. The molecule has 0 saturated carbocycles. The first-order valence-corrected chi connectivity index (χ1v) is 11.0. The van der Waals surface area contributed by atoms with Crippen molar-refractivity contribution in [2.75, 3.05) is 0 Å². The minimum absolute atomic E-state index is 0.0357. The maximum atomic E-state index is 11.1. The molecule has 1 amide bonds. The summed E-state index contributed by atoms with van der Waals surface area (Å²) < 4.78 is 5.48. The highest BCUT2D eigenvalue weighted by Gasteiger charge is 2.11. The van der Waals surface area contributed by atoms with E-state index >= 15 is 0 Å². The van der Waals surface area contributed by atoms with Crippen molar-refractivity contribution in [3.8, 4) is 23.0 Å². The molecule has 0 bridgehead atoms. The Kier molecular flexibility index (Phi) is 7.94. The molecule has 4 aromatic carbocycles. The molecular formula is C28H28N2O5. The van der Waals surface area contributed by atoms with Gasteiger partial charge in [0, 0.05) is 17.2 Å². The minimum atomic E-state index is -0.485. The molecule has 0 aliphatic rings. The number of carbonyl (C=O) groups excluding carboxylic acids is 1. The van der Waals surface area contributed by atoms with Crippen molar-refractivity contribution in [3.63, 3.8) is 0 Å². The van der Waals surface area contributed by atoms with Crippen LogP contribution < -0.4 is 10.5 Å². The van der Waals surface area contributed by atoms with Crippen LogP contribution in [0.4, 0.5) is 0 Å². The Labute approximate surface area is 203 Å². The molecule has 0 radical (unpaired) electrons. The quantitative estimate of drug-likeness (QED) is 0.238. The number of hydrogen-bond acceptors (Lipinski definition) is 6. The molecule has 0 heterocycles. The zero-order chi connectivity index (χ0) is 25.5. The Morgan fingerprint density at radius 3 is 2.06 bits per heavy atom. The second-order valence-electron chi connectivity index (χ2n) is 8.26. The molecule has 7 heteroatoms. The van der Waals surface area contributed by atoms with E-state index in [-0.39, 0.29) is 29.6 Å². The maximum Gasteiger partial charge on any atom is 0.249 e. The van der Waals surface area contributed by atoms with Gasteiger partial charge < -0.3 is 31.2 Å². The van der Waals surface area contributed by atoms with Gasteiger partial charge in [-0.25, -0.2) is 0 Å². The van der Waals surface area contributed by atoms with Crippen molar-refractivity contribution in [2.24, 2.45) is 5.73 Å². The minimum Gasteiger partial charge on any atom is -0.507 e. The fourth-order valence-corrected chi connectivity index (χ4v) is 3.50. The van der Waals surface area contributed by atoms with Crippen LogP contribution in [0, 0.1) is 5.41 Å². The first kappa shape index (κ1) is 25.1. The van der Waals surface area contributed by atoms with Crippen LogP contribution in [0.2, 0.25) is 0 Å². The van der Waals surface area contributed by atoms with Gasteiger partial charge in [0.2, 0.25) is 11.7 Å². The van der Waals surface area contributed by atoms with Crippen molar-refractivity contribution >= 4 is 22.9 Å². The van der Waals surface area contributed by atoms with E-state index in [2.05, 4.69) is 13.8 Å². The Morgan fingerprint density at radius 2 is 1.51 bits per heavy atom. The molecule has 0 atom stereocenters. The highest BCUT2D eigenvalue weighted by Crippen LogP contribution is 2.37. The Hall–Kier alpha value is -4.52. The number of amides is 1. The number of nitrogens with one attached hydrogen (secondary N) is 1. The van der Waals surface area contributed by atoms with Gasteiger partial charge in [0.15, 0.2) is 11.5 Å². The Bertz CT molecular complexity index is 1320. The Morgan fingerprint density at radius 1 is 0.914 bits per heavy atom. The number of phenolic OH excluding ortho intramolecular Hbond substituents is 3. The van der Waals surface area contributed by atoms with E-state index in [1.165, 1.54) is 29.8 Å². The number of benzene rings is 4. The van der Waals surface area contributed by atoms with E-state index in [0.717, 1.165) is 11.8 Å². The number of phenols is 3. The summed E-state index contributed by atoms with van der Waals surface area (Å²) >= 11 is 0. The summed E-state index contributed by atoms with van der Waals surface area (Å²) in [5.74, 6) is -0.165. The van der Waals surface area contributed by atoms with Gasteiger partial charge in [-0.05, 0) is 52.3 Å². The lowest BCUT2D eigenvalue weighted by molar-refractivity contribution is 0.100. The van der Waals surface area contributed by atoms with Crippen molar-refractivity contribution in [1.29, 1.82) is 5.41 Å². The third-order valence-electron chi connectivity index (χ3n) is 5.43. The normalized spacial score (nSPS) is 10.5. The van der Waals surface area contributed by atoms with Crippen LogP contribution in [-0.2, 0) is 6.61 Å². The molecule has 0 spiro atoms. The molecule has 7 nitrogen and oxygen atoms in total. The van der Waals surface area contributed by atoms with Gasteiger partial charge in [-0.2, -0.15) is 0 Å². The summed E-state index contributed by atoms with van der Waals surface area (Å²) in [6.45, 7) is 4.52. The second-order valence-corrected chi connectivity index (χ2v) is 8.26. The molecule has 180 valence electrons. The van der Waals surface area contributed by atoms with E-state index in [0.29, 0.717) is 27.8 Å². The zero-order valence-electron chi connectivity index (χ0n) is 19.5. The molecule has 0 fully saturated rings. The summed E-state index contributed by atoms with van der Waals surface area (Å²) in [5, 5.41) is 37.6. The molecule has 0 aliphatic heterocycles. The van der Waals surface area contributed by atoms with Gasteiger partial charge >= 0.3 is 0 Å². The highest BCUT2D eigenvalue weighted by atomic mass is 16.5. The van der Waals surface area contributed by atoms with Crippen molar-refractivity contribution < 1.29 is 24.9 Å². The van der Waals surface area contributed by atoms with Crippen LogP contribution in [0.5, 0.6) is 23.0 Å². The molecule has 0 unspecified atom stereocenters. The van der Waals surface area contributed by atoms with Crippen molar-refractivity contribution in [3.05, 3.63) is 95.1 Å². The molecule has 4 rings (SSSR count). The van der Waals surface area contributed by atoms with Gasteiger partial charge in [-0.1, -0.05) is 62.4 Å². The summed E-state index contributed by atoms with van der Waals surface area (Å²) in [4.78, 5) is 11.1. The van der Waals surface area contributed by atoms with E-state index in [4.69, 9.17) is 15.9 Å². The summed E-state index contributed by atoms with van der Waals surface area (Å²) in [5.41, 5.74) is 8.26. The average molecular weight is 473 g/mol. The SMILES string of the molecule is CC(C)c1ccc(COc2c(O)cc(C=N)cc2O)cc1.NC(=O)c1ccc(O)c2ccccc12. The smallest absolute Gasteiger partial charge is 0.249 e. The average Bonchev–Trinajstić information content (AvgIpc) is 2.84. The summed E-state index contributed by atoms with van der Waals surface area (Å²) in [6.07, 6.45) is 1.05. The van der Waals surface area contributed by atoms with Crippen LogP contribution in [0.1, 0.15) is 46.8 Å². The predicted molar refractivity (Wildman–Crippen MR) is 137 cm³/mol. The molecular weight excluding hydrogens is 444 g/mol. The maximum absolute atomic E-state index is 11.1. The summed E-state index contributed by atoms with van der Waals surface area (Å²) in [6, 6.07) is 20.9. The molecule has 6 N–H and O–H groups in total. The molecule has 4 aromatic rings. The van der Waals surface area contributed by atoms with E-state index < -0.39 is 5.91 Å². The number of ether oxygens (including phenoxy) is 1. The topological polar surface area (TPSA) is 137 Å². The number of fused-ring (bicyclic) bond motifs is 1. The lowest BCUT2D eigenvalue weighted by atomic mass is 10.0. The van der Waals surface area contributed by atoms with Gasteiger partial charge in [0.1, 0.15) is 12.4 Å². The Balaban J connectivity index is 0.000000211. The number of rotatable bonds is 6. The van der Waals surface area contributed by atoms with Crippen LogP contribution in [0.3, 0.4) is 0 Å². The first-order valence-electron chi connectivity index (χ1n) is 11.0. The molecule has 0 aromatic heterocycles. The second kappa shape index (κ2) is 11.1. The van der Waals surface area contributed by atoms with Gasteiger partial charge in [-0.15, -0.1) is 0 Å². The van der Waals surface area contributed by atoms with Gasteiger partial charge in [0.05, 0.1) is 0 Å². The fraction of sp³-hybridized carbons (Fsp3) is 0.143. The van der Waals surface area contributed by atoms with Gasteiger partial charge in [0.25, 0.3) is 0 Å². The third-order valence-corrected chi connectivity index (χ3v) is 5.43. The van der Waals surface area contributed by atoms with Crippen molar-refractivity contribution in [1.82, 2.24) is 0 Å². The predicted octanol–water partition coefficient (Wildman–Crippen LogP) is 5.44. The molecule has 0 saturated heterocycles. The van der Waals surface area contributed by atoms with E-state index in [1.807, 2.05) is 24.3 Å². The first-order chi connectivity index (χ1) is 16.7. The lowest BCUT2D eigenvalue weighted by Gasteiger charge is -2.11. The largest absolute Gasteiger partial charge is 0.507 e. The standard InChI is InChI=1S/C17H19NO3.C11H9NO2/c1-11(2)14-5-3-12(4-6-14)10-21-17-15(19)7-13(9-18)8-16(17)20;12-11(14)9-5-6-10(13)8-4-2-1-3-7(8)9/h3-9,11,18-20H,10H2,1-2H3;1-6,13H,(H2,12,14). The van der Waals surface area contributed by atoms with Crippen LogP contribution >= 0.6 is 0 Å². The van der Waals surface area contributed by atoms with Crippen LogP contribution in [0.25, 0.3) is 10.8 Å². The number of hydrogen-bond donors (Lipinski definition) is 5. The summed E-state index contributed by atoms with van der Waals surface area (Å²) in [7, 11) is 0. The van der Waals surface area contributed by atoms with Gasteiger partial charge in [-0.3, -0.25) is 4.79 Å². The third kappa shape index (κ3) is 6.09. The lowest BCUT2D eigenvalue weighted by Crippen LogP contribution is -2.11. The number of aromatic hydroxyl groups is 3. The molecule has 35 heavy (non-hydrogen) atoms. The van der Waals surface area contributed by atoms with Crippen LogP contribution in [-0.4, -0.2) is 27.4 Å². The van der Waals surface area contributed by atoms with E-state index in [1.54, 1.807) is 24.3 Å².